The molecule has 26 heavy (non-hydrogen) atoms. The summed E-state index contributed by atoms with van der Waals surface area (Å²) in [4.78, 5) is 0. The van der Waals surface area contributed by atoms with Gasteiger partial charge in [-0.1, -0.05) is 36.7 Å². The molecule has 3 aromatic rings. The van der Waals surface area contributed by atoms with E-state index in [9.17, 15) is 0 Å². The van der Waals surface area contributed by atoms with Crippen LogP contribution in [0.5, 0.6) is 5.75 Å². The number of fused-ring (bicyclic) bond motifs is 2. The summed E-state index contributed by atoms with van der Waals surface area (Å²) < 4.78 is 11.4. The number of nitrogens with one attached hydrogen (secondary N) is 1. The van der Waals surface area contributed by atoms with E-state index in [1.165, 1.54) is 17.5 Å². The summed E-state index contributed by atoms with van der Waals surface area (Å²) in [6, 6.07) is 10.2. The van der Waals surface area contributed by atoms with Crippen molar-refractivity contribution >= 4 is 28.4 Å². The van der Waals surface area contributed by atoms with Gasteiger partial charge in [0.1, 0.15) is 12.4 Å². The van der Waals surface area contributed by atoms with E-state index >= 15 is 0 Å². The van der Waals surface area contributed by atoms with Crippen LogP contribution in [-0.2, 0) is 19.4 Å². The van der Waals surface area contributed by atoms with E-state index in [2.05, 4.69) is 42.5 Å². The van der Waals surface area contributed by atoms with E-state index in [1.807, 2.05) is 12.1 Å². The molecule has 1 N–H and O–H groups in total. The Morgan fingerprint density at radius 1 is 1.23 bits per heavy atom. The lowest BCUT2D eigenvalue weighted by Crippen LogP contribution is -2.22. The Balaban J connectivity index is 1.52. The number of aryl methyl sites for hydroxylation is 1. The van der Waals surface area contributed by atoms with Gasteiger partial charge in [-0.15, -0.1) is 0 Å². The number of nitrogens with zero attached hydrogens (tertiary/aromatic N) is 1. The molecule has 0 amide bonds. The molecule has 0 aliphatic heterocycles. The molecule has 1 aliphatic carbocycles. The van der Waals surface area contributed by atoms with Crippen molar-refractivity contribution in [2.45, 2.75) is 39.7 Å². The molecule has 136 valence electrons. The SMILES string of the molecule is CNc1noc2cc(COc3ccc4c(c3)CCC(C)(C)C4)c(Cl)cc12. The standard InChI is InChI=1S/C21H23ClN2O2/c1-21(2)7-6-13-8-16(5-4-14(13)11-21)25-12-15-9-19-17(10-18(15)22)20(23-3)24-26-19/h4-5,8-10H,6-7,11-12H2,1-3H3,(H,23,24). The van der Waals surface area contributed by atoms with Crippen LogP contribution in [0.4, 0.5) is 5.82 Å². The Bertz CT molecular complexity index is 962. The molecule has 0 radical (unpaired) electrons. The van der Waals surface area contributed by atoms with E-state index in [0.717, 1.165) is 29.5 Å². The number of halogens is 1. The summed E-state index contributed by atoms with van der Waals surface area (Å²) in [5.74, 6) is 1.57. The first-order valence-electron chi connectivity index (χ1n) is 8.95. The number of hydrogen-bond donors (Lipinski definition) is 1. The largest absolute Gasteiger partial charge is 0.489 e. The van der Waals surface area contributed by atoms with Crippen LogP contribution in [0.3, 0.4) is 0 Å². The summed E-state index contributed by atoms with van der Waals surface area (Å²) in [6.07, 6.45) is 3.45. The monoisotopic (exact) mass is 370 g/mol. The van der Waals surface area contributed by atoms with Gasteiger partial charge in [0.05, 0.1) is 5.39 Å². The Morgan fingerprint density at radius 2 is 2.08 bits per heavy atom. The van der Waals surface area contributed by atoms with Gasteiger partial charge in [-0.2, -0.15) is 0 Å². The van der Waals surface area contributed by atoms with Gasteiger partial charge in [-0.25, -0.2) is 0 Å². The maximum atomic E-state index is 6.42. The highest BCUT2D eigenvalue weighted by Gasteiger charge is 2.25. The predicted molar refractivity (Wildman–Crippen MR) is 105 cm³/mol. The fourth-order valence-corrected chi connectivity index (χ4v) is 3.84. The molecule has 0 saturated heterocycles. The number of rotatable bonds is 4. The molecule has 0 bridgehead atoms. The van der Waals surface area contributed by atoms with Gasteiger partial charge in [0.2, 0.25) is 0 Å². The highest BCUT2D eigenvalue weighted by atomic mass is 35.5. The zero-order valence-electron chi connectivity index (χ0n) is 15.4. The molecular weight excluding hydrogens is 348 g/mol. The lowest BCUT2D eigenvalue weighted by atomic mass is 9.74. The third-order valence-electron chi connectivity index (χ3n) is 5.19. The highest BCUT2D eigenvalue weighted by molar-refractivity contribution is 6.32. The van der Waals surface area contributed by atoms with Crippen LogP contribution >= 0.6 is 11.6 Å². The zero-order valence-corrected chi connectivity index (χ0v) is 16.1. The summed E-state index contributed by atoms with van der Waals surface area (Å²) in [7, 11) is 1.80. The second-order valence-corrected chi connectivity index (χ2v) is 8.19. The molecule has 1 heterocycles. The second-order valence-electron chi connectivity index (χ2n) is 7.78. The van der Waals surface area contributed by atoms with Crippen LogP contribution in [0.25, 0.3) is 11.0 Å². The zero-order chi connectivity index (χ0) is 18.3. The Morgan fingerprint density at radius 3 is 2.88 bits per heavy atom. The maximum absolute atomic E-state index is 6.42. The molecular formula is C21H23ClN2O2. The molecule has 0 saturated carbocycles. The van der Waals surface area contributed by atoms with Gasteiger partial charge in [0.15, 0.2) is 11.4 Å². The topological polar surface area (TPSA) is 47.3 Å². The number of benzene rings is 2. The lowest BCUT2D eigenvalue weighted by molar-refractivity contribution is 0.299. The Labute approximate surface area is 158 Å². The van der Waals surface area contributed by atoms with E-state index in [4.69, 9.17) is 20.9 Å². The van der Waals surface area contributed by atoms with Gasteiger partial charge in [-0.3, -0.25) is 0 Å². The van der Waals surface area contributed by atoms with Crippen molar-refractivity contribution in [3.63, 3.8) is 0 Å². The van der Waals surface area contributed by atoms with Crippen molar-refractivity contribution in [2.75, 3.05) is 12.4 Å². The van der Waals surface area contributed by atoms with E-state index in [-0.39, 0.29) is 0 Å². The normalized spacial score (nSPS) is 15.7. The van der Waals surface area contributed by atoms with Crippen LogP contribution in [0.1, 0.15) is 37.0 Å². The van der Waals surface area contributed by atoms with Crippen molar-refractivity contribution in [1.29, 1.82) is 0 Å². The van der Waals surface area contributed by atoms with Gasteiger partial charge < -0.3 is 14.6 Å². The second kappa shape index (κ2) is 6.51. The molecule has 0 fully saturated rings. The summed E-state index contributed by atoms with van der Waals surface area (Å²) >= 11 is 6.42. The molecule has 0 atom stereocenters. The maximum Gasteiger partial charge on any atom is 0.177 e. The third-order valence-corrected chi connectivity index (χ3v) is 5.54. The third kappa shape index (κ3) is 3.26. The van der Waals surface area contributed by atoms with Crippen LogP contribution < -0.4 is 10.1 Å². The summed E-state index contributed by atoms with van der Waals surface area (Å²) in [6.45, 7) is 5.07. The molecule has 4 rings (SSSR count). The van der Waals surface area contributed by atoms with E-state index in [1.54, 1.807) is 7.05 Å². The average molecular weight is 371 g/mol. The molecule has 2 aromatic carbocycles. The average Bonchev–Trinajstić information content (AvgIpc) is 3.00. The first-order chi connectivity index (χ1) is 12.4. The Hall–Kier alpha value is -2.20. The minimum atomic E-state index is 0.390. The number of ether oxygens (including phenoxy) is 1. The van der Waals surface area contributed by atoms with Crippen molar-refractivity contribution < 1.29 is 9.26 Å². The van der Waals surface area contributed by atoms with Crippen molar-refractivity contribution in [3.05, 3.63) is 52.0 Å². The molecule has 0 unspecified atom stereocenters. The van der Waals surface area contributed by atoms with Gasteiger partial charge in [-0.05, 0) is 60.1 Å². The number of hydrogen-bond acceptors (Lipinski definition) is 4. The molecule has 4 nitrogen and oxygen atoms in total. The fourth-order valence-electron chi connectivity index (χ4n) is 3.63. The van der Waals surface area contributed by atoms with Gasteiger partial charge in [0.25, 0.3) is 0 Å². The first-order valence-corrected chi connectivity index (χ1v) is 9.33. The molecule has 5 heteroatoms. The highest BCUT2D eigenvalue weighted by Crippen LogP contribution is 2.36. The first kappa shape index (κ1) is 17.2. The van der Waals surface area contributed by atoms with E-state index in [0.29, 0.717) is 28.4 Å². The quantitative estimate of drug-likeness (QED) is 0.647. The minimum Gasteiger partial charge on any atom is -0.489 e. The van der Waals surface area contributed by atoms with Crippen LogP contribution in [0.15, 0.2) is 34.9 Å². The summed E-state index contributed by atoms with van der Waals surface area (Å²) in [5.41, 5.74) is 4.81. The van der Waals surface area contributed by atoms with Crippen LogP contribution in [-0.4, -0.2) is 12.2 Å². The van der Waals surface area contributed by atoms with Crippen LogP contribution in [0, 0.1) is 5.41 Å². The van der Waals surface area contributed by atoms with E-state index < -0.39 is 0 Å². The molecule has 0 spiro atoms. The lowest BCUT2D eigenvalue weighted by Gasteiger charge is -2.31. The predicted octanol–water partition coefficient (Wildman–Crippen LogP) is 5.62. The molecule has 1 aliphatic rings. The van der Waals surface area contributed by atoms with Crippen molar-refractivity contribution in [1.82, 2.24) is 5.16 Å². The summed E-state index contributed by atoms with van der Waals surface area (Å²) in [5, 5.41) is 8.51. The van der Waals surface area contributed by atoms with Gasteiger partial charge >= 0.3 is 0 Å². The van der Waals surface area contributed by atoms with Crippen molar-refractivity contribution in [2.24, 2.45) is 5.41 Å². The fraction of sp³-hybridized carbons (Fsp3) is 0.381. The number of anilines is 1. The van der Waals surface area contributed by atoms with Gasteiger partial charge in [0, 0.05) is 17.6 Å². The minimum absolute atomic E-state index is 0.390. The Kier molecular flexibility index (Phi) is 4.31. The smallest absolute Gasteiger partial charge is 0.177 e. The van der Waals surface area contributed by atoms with Crippen molar-refractivity contribution in [3.8, 4) is 5.75 Å². The number of aromatic nitrogens is 1. The molecule has 1 aromatic heterocycles. The van der Waals surface area contributed by atoms with Crippen LogP contribution in [0.2, 0.25) is 5.02 Å².